The highest BCUT2D eigenvalue weighted by Crippen LogP contribution is 2.37. The summed E-state index contributed by atoms with van der Waals surface area (Å²) in [6.07, 6.45) is 8.58. The number of halogens is 2. The first-order chi connectivity index (χ1) is 10.3. The van der Waals surface area contributed by atoms with Gasteiger partial charge in [0.25, 0.3) is 5.91 Å². The van der Waals surface area contributed by atoms with E-state index in [4.69, 9.17) is 0 Å². The highest BCUT2D eigenvalue weighted by molar-refractivity contribution is 5.99. The third-order valence-corrected chi connectivity index (χ3v) is 4.95. The lowest BCUT2D eigenvalue weighted by atomic mass is 9.78. The van der Waals surface area contributed by atoms with Gasteiger partial charge in [-0.15, -0.1) is 24.8 Å². The Morgan fingerprint density at radius 1 is 1.22 bits per heavy atom. The average Bonchev–Trinajstić information content (AvgIpc) is 3.15. The van der Waals surface area contributed by atoms with Crippen molar-refractivity contribution in [3.63, 3.8) is 0 Å². The van der Waals surface area contributed by atoms with E-state index >= 15 is 0 Å². The fraction of sp³-hybridized carbons (Fsp3) is 0.533. The van der Waals surface area contributed by atoms with E-state index in [1.54, 1.807) is 16.9 Å². The Bertz CT molecular complexity index is 673. The van der Waals surface area contributed by atoms with Gasteiger partial charge in [-0.25, -0.2) is 9.50 Å². The summed E-state index contributed by atoms with van der Waals surface area (Å²) < 4.78 is 1.65. The largest absolute Gasteiger partial charge is 0.338 e. The zero-order chi connectivity index (χ0) is 14.3. The fourth-order valence-electron chi connectivity index (χ4n) is 3.55. The molecular weight excluding hydrogens is 337 g/mol. The second-order valence-electron chi connectivity index (χ2n) is 6.17. The number of piperidine rings is 1. The van der Waals surface area contributed by atoms with Crippen molar-refractivity contribution in [2.24, 2.45) is 5.41 Å². The number of rotatable bonds is 1. The summed E-state index contributed by atoms with van der Waals surface area (Å²) in [5.41, 5.74) is 1.68. The van der Waals surface area contributed by atoms with Gasteiger partial charge in [-0.1, -0.05) is 0 Å². The Hall–Kier alpha value is -1.37. The van der Waals surface area contributed by atoms with Crippen LogP contribution in [0.15, 0.2) is 24.7 Å². The van der Waals surface area contributed by atoms with E-state index in [1.807, 2.05) is 17.2 Å². The zero-order valence-electron chi connectivity index (χ0n) is 12.8. The Morgan fingerprint density at radius 2 is 2.00 bits per heavy atom. The SMILES string of the molecule is Cl.Cl.O=C(c1cnn2cccnc12)N1CCC2(CCNC2)CC1. The quantitative estimate of drug-likeness (QED) is 0.844. The molecular formula is C15H21Cl2N5O. The van der Waals surface area contributed by atoms with Gasteiger partial charge in [-0.3, -0.25) is 4.79 Å². The predicted molar refractivity (Wildman–Crippen MR) is 92.5 cm³/mol. The number of nitrogens with zero attached hydrogens (tertiary/aromatic N) is 4. The molecule has 8 heteroatoms. The number of nitrogens with one attached hydrogen (secondary N) is 1. The van der Waals surface area contributed by atoms with Gasteiger partial charge in [0.2, 0.25) is 0 Å². The molecule has 0 aliphatic carbocycles. The molecule has 1 spiro atoms. The highest BCUT2D eigenvalue weighted by atomic mass is 35.5. The summed E-state index contributed by atoms with van der Waals surface area (Å²) in [5.74, 6) is 0.0597. The van der Waals surface area contributed by atoms with Crippen LogP contribution >= 0.6 is 24.8 Å². The van der Waals surface area contributed by atoms with E-state index in [0.717, 1.165) is 39.0 Å². The van der Waals surface area contributed by atoms with Crippen LogP contribution in [0.3, 0.4) is 0 Å². The molecule has 1 amide bonds. The standard InChI is InChI=1S/C15H19N5O.2ClH/c21-14(12-10-18-20-7-1-5-17-13(12)20)19-8-3-15(4-9-19)2-6-16-11-15;;/h1,5,7,10,16H,2-4,6,8-9,11H2;2*1H. The van der Waals surface area contributed by atoms with Crippen molar-refractivity contribution in [1.29, 1.82) is 0 Å². The third kappa shape index (κ3) is 3.16. The molecule has 0 saturated carbocycles. The van der Waals surface area contributed by atoms with Crippen molar-refractivity contribution in [2.45, 2.75) is 19.3 Å². The minimum Gasteiger partial charge on any atom is -0.338 e. The first-order valence-corrected chi connectivity index (χ1v) is 7.56. The van der Waals surface area contributed by atoms with Gasteiger partial charge < -0.3 is 10.2 Å². The average molecular weight is 358 g/mol. The second kappa shape index (κ2) is 7.03. The topological polar surface area (TPSA) is 62.5 Å². The number of likely N-dealkylation sites (tertiary alicyclic amines) is 1. The molecule has 2 fully saturated rings. The summed E-state index contributed by atoms with van der Waals surface area (Å²) in [4.78, 5) is 18.9. The molecule has 2 aromatic rings. The molecule has 2 aliphatic rings. The maximum absolute atomic E-state index is 12.7. The van der Waals surface area contributed by atoms with Crippen molar-refractivity contribution in [3.05, 3.63) is 30.2 Å². The van der Waals surface area contributed by atoms with Gasteiger partial charge in [0.05, 0.1) is 6.20 Å². The van der Waals surface area contributed by atoms with Crippen molar-refractivity contribution in [1.82, 2.24) is 24.8 Å². The Morgan fingerprint density at radius 3 is 2.70 bits per heavy atom. The second-order valence-corrected chi connectivity index (χ2v) is 6.17. The summed E-state index contributed by atoms with van der Waals surface area (Å²) in [6.45, 7) is 3.90. The molecule has 0 radical (unpaired) electrons. The molecule has 0 aromatic carbocycles. The summed E-state index contributed by atoms with van der Waals surface area (Å²) in [5, 5.41) is 7.65. The van der Waals surface area contributed by atoms with Crippen LogP contribution in [0.4, 0.5) is 0 Å². The molecule has 1 N–H and O–H groups in total. The first kappa shape index (κ1) is 18.0. The van der Waals surface area contributed by atoms with E-state index in [0.29, 0.717) is 16.6 Å². The molecule has 0 bridgehead atoms. The monoisotopic (exact) mass is 357 g/mol. The molecule has 2 aromatic heterocycles. The molecule has 2 saturated heterocycles. The van der Waals surface area contributed by atoms with Crippen LogP contribution in [0.1, 0.15) is 29.6 Å². The molecule has 2 aliphatic heterocycles. The fourth-order valence-corrected chi connectivity index (χ4v) is 3.55. The van der Waals surface area contributed by atoms with Crippen LogP contribution in [-0.2, 0) is 0 Å². The van der Waals surface area contributed by atoms with Crippen LogP contribution in [0.25, 0.3) is 5.65 Å². The first-order valence-electron chi connectivity index (χ1n) is 7.56. The maximum Gasteiger partial charge on any atom is 0.259 e. The van der Waals surface area contributed by atoms with E-state index < -0.39 is 0 Å². The Labute approximate surface area is 147 Å². The lowest BCUT2D eigenvalue weighted by molar-refractivity contribution is 0.0609. The minimum absolute atomic E-state index is 0. The van der Waals surface area contributed by atoms with Crippen LogP contribution in [0.2, 0.25) is 0 Å². The maximum atomic E-state index is 12.7. The molecule has 4 rings (SSSR count). The van der Waals surface area contributed by atoms with Crippen LogP contribution in [0, 0.1) is 5.41 Å². The molecule has 0 atom stereocenters. The zero-order valence-corrected chi connectivity index (χ0v) is 14.4. The normalized spacial score (nSPS) is 19.4. The van der Waals surface area contributed by atoms with Gasteiger partial charge in [-0.05, 0) is 37.3 Å². The lowest BCUT2D eigenvalue weighted by Gasteiger charge is -2.38. The smallest absolute Gasteiger partial charge is 0.259 e. The van der Waals surface area contributed by atoms with Crippen molar-refractivity contribution in [3.8, 4) is 0 Å². The Kier molecular flexibility index (Phi) is 5.49. The molecule has 6 nitrogen and oxygen atoms in total. The summed E-state index contributed by atoms with van der Waals surface area (Å²) in [7, 11) is 0. The van der Waals surface area contributed by atoms with Crippen molar-refractivity contribution < 1.29 is 4.79 Å². The molecule has 0 unspecified atom stereocenters. The predicted octanol–water partition coefficient (Wildman–Crippen LogP) is 1.79. The van der Waals surface area contributed by atoms with Crippen molar-refractivity contribution in [2.75, 3.05) is 26.2 Å². The number of carbonyl (C=O) groups is 1. The number of hydrogen-bond acceptors (Lipinski definition) is 4. The van der Waals surface area contributed by atoms with E-state index in [9.17, 15) is 4.79 Å². The van der Waals surface area contributed by atoms with Gasteiger partial charge in [0.1, 0.15) is 5.56 Å². The molecule has 4 heterocycles. The van der Waals surface area contributed by atoms with E-state index in [1.165, 1.54) is 6.42 Å². The Balaban J connectivity index is 0.000000960. The van der Waals surface area contributed by atoms with E-state index in [-0.39, 0.29) is 30.7 Å². The molecule has 23 heavy (non-hydrogen) atoms. The summed E-state index contributed by atoms with van der Waals surface area (Å²) in [6, 6.07) is 1.81. The number of aromatic nitrogens is 3. The number of amides is 1. The van der Waals surface area contributed by atoms with Gasteiger partial charge in [0, 0.05) is 32.0 Å². The summed E-state index contributed by atoms with van der Waals surface area (Å²) >= 11 is 0. The van der Waals surface area contributed by atoms with Crippen molar-refractivity contribution >= 4 is 36.4 Å². The van der Waals surface area contributed by atoms with Gasteiger partial charge >= 0.3 is 0 Å². The van der Waals surface area contributed by atoms with Crippen LogP contribution < -0.4 is 5.32 Å². The van der Waals surface area contributed by atoms with Crippen LogP contribution in [-0.4, -0.2) is 51.6 Å². The van der Waals surface area contributed by atoms with E-state index in [2.05, 4.69) is 15.4 Å². The molecule has 126 valence electrons. The lowest BCUT2D eigenvalue weighted by Crippen LogP contribution is -2.44. The van der Waals surface area contributed by atoms with Crippen LogP contribution in [0.5, 0.6) is 0 Å². The minimum atomic E-state index is 0. The number of fused-ring (bicyclic) bond motifs is 1. The number of hydrogen-bond donors (Lipinski definition) is 1. The highest BCUT2D eigenvalue weighted by Gasteiger charge is 2.38. The number of carbonyl (C=O) groups excluding carboxylic acids is 1. The van der Waals surface area contributed by atoms with Gasteiger partial charge in [0.15, 0.2) is 5.65 Å². The third-order valence-electron chi connectivity index (χ3n) is 4.95. The van der Waals surface area contributed by atoms with Gasteiger partial charge in [-0.2, -0.15) is 5.10 Å².